The zero-order valence-corrected chi connectivity index (χ0v) is 11.3. The Hall–Kier alpha value is -1.32. The van der Waals surface area contributed by atoms with Crippen molar-refractivity contribution < 1.29 is 0 Å². The quantitative estimate of drug-likeness (QED) is 0.817. The van der Waals surface area contributed by atoms with E-state index in [1.165, 1.54) is 38.5 Å². The van der Waals surface area contributed by atoms with E-state index in [0.29, 0.717) is 12.1 Å². The third-order valence-electron chi connectivity index (χ3n) is 4.61. The summed E-state index contributed by atoms with van der Waals surface area (Å²) in [6, 6.07) is 3.50. The van der Waals surface area contributed by atoms with Crippen LogP contribution in [-0.2, 0) is 0 Å². The molecule has 0 saturated heterocycles. The highest BCUT2D eigenvalue weighted by molar-refractivity contribution is 5.50. The maximum atomic E-state index is 4.42. The first kappa shape index (κ1) is 11.8. The molecule has 0 atom stereocenters. The highest BCUT2D eigenvalue weighted by Crippen LogP contribution is 2.30. The van der Waals surface area contributed by atoms with E-state index >= 15 is 0 Å². The van der Waals surface area contributed by atoms with Crippen molar-refractivity contribution in [3.05, 3.63) is 12.4 Å². The molecule has 0 radical (unpaired) electrons. The van der Waals surface area contributed by atoms with Gasteiger partial charge in [0.05, 0.1) is 0 Å². The van der Waals surface area contributed by atoms with E-state index in [-0.39, 0.29) is 0 Å². The van der Waals surface area contributed by atoms with Gasteiger partial charge >= 0.3 is 0 Å². The van der Waals surface area contributed by atoms with Crippen molar-refractivity contribution in [2.45, 2.75) is 50.6 Å². The number of hydrogen-bond donors (Lipinski definition) is 0. The fraction of sp³-hybridized carbons (Fsp3) is 0.714. The molecule has 2 saturated carbocycles. The molecule has 4 nitrogen and oxygen atoms in total. The van der Waals surface area contributed by atoms with E-state index in [9.17, 15) is 0 Å². The number of anilines is 2. The second kappa shape index (κ2) is 4.75. The van der Waals surface area contributed by atoms with Crippen LogP contribution in [0.1, 0.15) is 38.5 Å². The van der Waals surface area contributed by atoms with Crippen molar-refractivity contribution in [3.8, 4) is 0 Å². The third-order valence-corrected chi connectivity index (χ3v) is 4.61. The van der Waals surface area contributed by atoms with Gasteiger partial charge in [-0.25, -0.2) is 9.97 Å². The summed E-state index contributed by atoms with van der Waals surface area (Å²) >= 11 is 0. The van der Waals surface area contributed by atoms with Gasteiger partial charge in [-0.3, -0.25) is 0 Å². The van der Waals surface area contributed by atoms with E-state index in [2.05, 4.69) is 39.9 Å². The summed E-state index contributed by atoms with van der Waals surface area (Å²) in [6.07, 6.45) is 9.62. The Labute approximate surface area is 109 Å². The van der Waals surface area contributed by atoms with Gasteiger partial charge in [0.1, 0.15) is 18.0 Å². The summed E-state index contributed by atoms with van der Waals surface area (Å²) < 4.78 is 0. The lowest BCUT2D eigenvalue weighted by atomic mass is 9.91. The van der Waals surface area contributed by atoms with Gasteiger partial charge in [-0.2, -0.15) is 0 Å². The van der Waals surface area contributed by atoms with Crippen molar-refractivity contribution in [2.24, 2.45) is 0 Å². The van der Waals surface area contributed by atoms with Crippen LogP contribution in [0.4, 0.5) is 11.6 Å². The van der Waals surface area contributed by atoms with Crippen LogP contribution < -0.4 is 9.80 Å². The zero-order chi connectivity index (χ0) is 12.5. The molecule has 0 bridgehead atoms. The molecule has 1 heterocycles. The monoisotopic (exact) mass is 246 g/mol. The van der Waals surface area contributed by atoms with E-state index in [4.69, 9.17) is 0 Å². The molecule has 0 unspecified atom stereocenters. The Morgan fingerprint density at radius 2 is 1.33 bits per heavy atom. The second-order valence-electron chi connectivity index (χ2n) is 5.63. The first-order valence-corrected chi connectivity index (χ1v) is 7.03. The van der Waals surface area contributed by atoms with Crippen LogP contribution in [0, 0.1) is 0 Å². The van der Waals surface area contributed by atoms with Gasteiger partial charge in [0, 0.05) is 32.2 Å². The fourth-order valence-electron chi connectivity index (χ4n) is 2.65. The summed E-state index contributed by atoms with van der Waals surface area (Å²) in [6.45, 7) is 0. The van der Waals surface area contributed by atoms with Crippen LogP contribution in [0.3, 0.4) is 0 Å². The maximum Gasteiger partial charge on any atom is 0.134 e. The molecule has 1 aromatic rings. The molecule has 0 aromatic carbocycles. The lowest BCUT2D eigenvalue weighted by molar-refractivity contribution is 0.396. The Morgan fingerprint density at radius 3 is 1.67 bits per heavy atom. The molecule has 1 aromatic heterocycles. The van der Waals surface area contributed by atoms with Gasteiger partial charge in [-0.1, -0.05) is 0 Å². The van der Waals surface area contributed by atoms with E-state index in [0.717, 1.165) is 11.6 Å². The number of hydrogen-bond acceptors (Lipinski definition) is 4. The maximum absolute atomic E-state index is 4.42. The summed E-state index contributed by atoms with van der Waals surface area (Å²) in [4.78, 5) is 13.4. The van der Waals surface area contributed by atoms with Crippen LogP contribution in [-0.4, -0.2) is 36.1 Å². The molecule has 18 heavy (non-hydrogen) atoms. The highest BCUT2D eigenvalue weighted by Gasteiger charge is 2.25. The van der Waals surface area contributed by atoms with Crippen LogP contribution in [0.2, 0.25) is 0 Å². The standard InChI is InChI=1S/C14H22N4/c1-17(11-5-3-6-11)13-9-14(16-10-15-13)18(2)12-7-4-8-12/h9-12H,3-8H2,1-2H3. The Morgan fingerprint density at radius 1 is 0.889 bits per heavy atom. The predicted molar refractivity (Wildman–Crippen MR) is 74.1 cm³/mol. The molecule has 0 amide bonds. The molecule has 2 aliphatic rings. The summed E-state index contributed by atoms with van der Waals surface area (Å²) in [5.74, 6) is 2.13. The van der Waals surface area contributed by atoms with E-state index in [1.807, 2.05) is 0 Å². The zero-order valence-electron chi connectivity index (χ0n) is 11.3. The SMILES string of the molecule is CN(c1cc(N(C)C2CCC2)ncn1)C1CCC1. The van der Waals surface area contributed by atoms with Crippen LogP contribution in [0.25, 0.3) is 0 Å². The minimum atomic E-state index is 0.682. The van der Waals surface area contributed by atoms with Crippen molar-refractivity contribution in [3.63, 3.8) is 0 Å². The molecule has 0 spiro atoms. The van der Waals surface area contributed by atoms with E-state index in [1.54, 1.807) is 6.33 Å². The number of nitrogens with zero attached hydrogens (tertiary/aromatic N) is 4. The van der Waals surface area contributed by atoms with Crippen LogP contribution in [0.5, 0.6) is 0 Å². The largest absolute Gasteiger partial charge is 0.357 e. The second-order valence-corrected chi connectivity index (χ2v) is 5.63. The summed E-state index contributed by atoms with van der Waals surface area (Å²) in [5.41, 5.74) is 0. The fourth-order valence-corrected chi connectivity index (χ4v) is 2.65. The molecular weight excluding hydrogens is 224 g/mol. The third kappa shape index (κ3) is 2.04. The van der Waals surface area contributed by atoms with Crippen LogP contribution >= 0.6 is 0 Å². The van der Waals surface area contributed by atoms with Crippen LogP contribution in [0.15, 0.2) is 12.4 Å². The normalized spacial score (nSPS) is 20.1. The lowest BCUT2D eigenvalue weighted by Crippen LogP contribution is -2.39. The predicted octanol–water partition coefficient (Wildman–Crippen LogP) is 2.45. The average molecular weight is 246 g/mol. The van der Waals surface area contributed by atoms with Gasteiger partial charge in [-0.05, 0) is 38.5 Å². The Bertz CT molecular complexity index is 377. The minimum Gasteiger partial charge on any atom is -0.357 e. The van der Waals surface area contributed by atoms with Crippen molar-refractivity contribution in [1.29, 1.82) is 0 Å². The summed E-state index contributed by atoms with van der Waals surface area (Å²) in [7, 11) is 4.30. The summed E-state index contributed by atoms with van der Waals surface area (Å²) in [5, 5.41) is 0. The van der Waals surface area contributed by atoms with Crippen molar-refractivity contribution >= 4 is 11.6 Å². The first-order valence-electron chi connectivity index (χ1n) is 7.03. The average Bonchev–Trinajstić information content (AvgIpc) is 2.24. The molecule has 2 fully saturated rings. The molecule has 3 rings (SSSR count). The lowest BCUT2D eigenvalue weighted by Gasteiger charge is -2.37. The highest BCUT2D eigenvalue weighted by atomic mass is 15.2. The molecule has 98 valence electrons. The molecule has 2 aliphatic carbocycles. The molecule has 0 N–H and O–H groups in total. The first-order chi connectivity index (χ1) is 8.75. The number of rotatable bonds is 4. The molecule has 4 heteroatoms. The van der Waals surface area contributed by atoms with Gasteiger partial charge in [0.25, 0.3) is 0 Å². The number of aromatic nitrogens is 2. The van der Waals surface area contributed by atoms with Gasteiger partial charge in [-0.15, -0.1) is 0 Å². The Balaban J connectivity index is 1.75. The van der Waals surface area contributed by atoms with Gasteiger partial charge in [0.2, 0.25) is 0 Å². The molecular formula is C14H22N4. The van der Waals surface area contributed by atoms with Gasteiger partial charge in [0.15, 0.2) is 0 Å². The Kier molecular flexibility index (Phi) is 3.10. The van der Waals surface area contributed by atoms with Crippen molar-refractivity contribution in [1.82, 2.24) is 9.97 Å². The topological polar surface area (TPSA) is 32.3 Å². The van der Waals surface area contributed by atoms with E-state index < -0.39 is 0 Å². The van der Waals surface area contributed by atoms with Crippen molar-refractivity contribution in [2.75, 3.05) is 23.9 Å². The minimum absolute atomic E-state index is 0.682. The molecule has 0 aliphatic heterocycles. The van der Waals surface area contributed by atoms with Gasteiger partial charge < -0.3 is 9.80 Å². The smallest absolute Gasteiger partial charge is 0.134 e.